The third kappa shape index (κ3) is 3.69. The maximum absolute atomic E-state index is 5.77. The van der Waals surface area contributed by atoms with E-state index < -0.39 is 0 Å². The van der Waals surface area contributed by atoms with Gasteiger partial charge in [-0.2, -0.15) is 0 Å². The molecule has 1 aromatic carbocycles. The van der Waals surface area contributed by atoms with Crippen LogP contribution in [0.25, 0.3) is 0 Å². The van der Waals surface area contributed by atoms with Crippen molar-refractivity contribution in [3.63, 3.8) is 0 Å². The van der Waals surface area contributed by atoms with Gasteiger partial charge in [0.05, 0.1) is 32.5 Å². The molecule has 118 valence electrons. The lowest BCUT2D eigenvalue weighted by atomic mass is 9.89. The van der Waals surface area contributed by atoms with Gasteiger partial charge in [-0.3, -0.25) is 0 Å². The maximum atomic E-state index is 5.77. The minimum Gasteiger partial charge on any atom is -0.496 e. The van der Waals surface area contributed by atoms with Crippen LogP contribution in [-0.4, -0.2) is 33.5 Å². The molecule has 21 heavy (non-hydrogen) atoms. The number of nitrogens with one attached hydrogen (secondary N) is 1. The van der Waals surface area contributed by atoms with E-state index in [1.54, 1.807) is 14.2 Å². The van der Waals surface area contributed by atoms with E-state index in [0.717, 1.165) is 43.1 Å². The lowest BCUT2D eigenvalue weighted by Gasteiger charge is -2.27. The summed E-state index contributed by atoms with van der Waals surface area (Å²) in [6.07, 6.45) is 2.47. The monoisotopic (exact) mass is 293 g/mol. The standard InChI is InChI=1S/C17H27NO3/c1-5-9-18-17(13-10-12(2)21-11-13)16-14(19-3)7-6-8-15(16)20-4/h6-8,12-13,17-18H,5,9-11H2,1-4H3. The van der Waals surface area contributed by atoms with Crippen LogP contribution in [-0.2, 0) is 4.74 Å². The van der Waals surface area contributed by atoms with Crippen molar-refractivity contribution in [1.82, 2.24) is 5.32 Å². The normalized spacial score (nSPS) is 23.0. The van der Waals surface area contributed by atoms with Gasteiger partial charge in [-0.1, -0.05) is 13.0 Å². The summed E-state index contributed by atoms with van der Waals surface area (Å²) < 4.78 is 16.9. The van der Waals surface area contributed by atoms with Crippen LogP contribution in [0, 0.1) is 5.92 Å². The highest BCUT2D eigenvalue weighted by Crippen LogP contribution is 2.40. The molecule has 0 radical (unpaired) electrons. The fourth-order valence-electron chi connectivity index (χ4n) is 3.07. The second-order valence-corrected chi connectivity index (χ2v) is 5.65. The molecule has 1 aliphatic rings. The van der Waals surface area contributed by atoms with E-state index in [0.29, 0.717) is 12.0 Å². The van der Waals surface area contributed by atoms with E-state index in [9.17, 15) is 0 Å². The van der Waals surface area contributed by atoms with Gasteiger partial charge in [-0.25, -0.2) is 0 Å². The van der Waals surface area contributed by atoms with Gasteiger partial charge >= 0.3 is 0 Å². The highest BCUT2D eigenvalue weighted by molar-refractivity contribution is 5.47. The molecular formula is C17H27NO3. The van der Waals surface area contributed by atoms with Gasteiger partial charge in [0.15, 0.2) is 0 Å². The molecule has 0 saturated carbocycles. The molecule has 4 heteroatoms. The largest absolute Gasteiger partial charge is 0.496 e. The van der Waals surface area contributed by atoms with Gasteiger partial charge in [0, 0.05) is 12.0 Å². The smallest absolute Gasteiger partial charge is 0.127 e. The number of rotatable bonds is 7. The summed E-state index contributed by atoms with van der Waals surface area (Å²) in [5.74, 6) is 2.20. The first-order valence-electron chi connectivity index (χ1n) is 7.77. The molecule has 1 aliphatic heterocycles. The second kappa shape index (κ2) is 7.66. The van der Waals surface area contributed by atoms with Crippen LogP contribution in [0.3, 0.4) is 0 Å². The SMILES string of the molecule is CCCNC(c1c(OC)cccc1OC)C1COC(C)C1. The maximum Gasteiger partial charge on any atom is 0.127 e. The van der Waals surface area contributed by atoms with Crippen LogP contribution < -0.4 is 14.8 Å². The molecule has 0 aromatic heterocycles. The Morgan fingerprint density at radius 2 is 1.95 bits per heavy atom. The summed E-state index contributed by atoms with van der Waals surface area (Å²) in [6, 6.07) is 6.15. The molecule has 3 unspecified atom stereocenters. The Hall–Kier alpha value is -1.26. The van der Waals surface area contributed by atoms with E-state index >= 15 is 0 Å². The van der Waals surface area contributed by atoms with Crippen molar-refractivity contribution < 1.29 is 14.2 Å². The third-order valence-electron chi connectivity index (χ3n) is 4.09. The van der Waals surface area contributed by atoms with E-state index in [4.69, 9.17) is 14.2 Å². The van der Waals surface area contributed by atoms with Crippen LogP contribution in [0.1, 0.15) is 38.3 Å². The molecule has 1 N–H and O–H groups in total. The molecule has 1 heterocycles. The third-order valence-corrected chi connectivity index (χ3v) is 4.09. The molecular weight excluding hydrogens is 266 g/mol. The molecule has 1 aromatic rings. The van der Waals surface area contributed by atoms with Crippen molar-refractivity contribution in [2.45, 2.75) is 38.8 Å². The molecule has 1 fully saturated rings. The average molecular weight is 293 g/mol. The summed E-state index contributed by atoms with van der Waals surface area (Å²) in [6.45, 7) is 6.06. The van der Waals surface area contributed by atoms with E-state index in [-0.39, 0.29) is 6.04 Å². The zero-order chi connectivity index (χ0) is 15.2. The first kappa shape index (κ1) is 16.1. The fraction of sp³-hybridized carbons (Fsp3) is 0.647. The van der Waals surface area contributed by atoms with E-state index in [1.807, 2.05) is 18.2 Å². The highest BCUT2D eigenvalue weighted by Gasteiger charge is 2.33. The van der Waals surface area contributed by atoms with E-state index in [2.05, 4.69) is 19.2 Å². The molecule has 1 saturated heterocycles. The quantitative estimate of drug-likeness (QED) is 0.838. The van der Waals surface area contributed by atoms with Crippen LogP contribution in [0.4, 0.5) is 0 Å². The first-order chi connectivity index (χ1) is 10.2. The lowest BCUT2D eigenvalue weighted by Crippen LogP contribution is -2.30. The Morgan fingerprint density at radius 3 is 2.43 bits per heavy atom. The fourth-order valence-corrected chi connectivity index (χ4v) is 3.07. The molecule has 0 aliphatic carbocycles. The summed E-state index contributed by atoms with van der Waals surface area (Å²) in [5, 5.41) is 3.66. The molecule has 4 nitrogen and oxygen atoms in total. The van der Waals surface area contributed by atoms with Crippen LogP contribution in [0.2, 0.25) is 0 Å². The molecule has 2 rings (SSSR count). The van der Waals surface area contributed by atoms with Crippen molar-refractivity contribution in [3.8, 4) is 11.5 Å². The van der Waals surface area contributed by atoms with Gasteiger partial charge in [0.25, 0.3) is 0 Å². The Kier molecular flexibility index (Phi) is 5.88. The topological polar surface area (TPSA) is 39.7 Å². The average Bonchev–Trinajstić information content (AvgIpc) is 2.94. The van der Waals surface area contributed by atoms with Crippen molar-refractivity contribution in [2.24, 2.45) is 5.92 Å². The molecule has 0 bridgehead atoms. The Bertz CT molecular complexity index is 427. The predicted octanol–water partition coefficient (Wildman–Crippen LogP) is 3.17. The first-order valence-corrected chi connectivity index (χ1v) is 7.77. The Balaban J connectivity index is 2.35. The minimum absolute atomic E-state index is 0.195. The van der Waals surface area contributed by atoms with Gasteiger partial charge in [0.2, 0.25) is 0 Å². The van der Waals surface area contributed by atoms with Crippen molar-refractivity contribution >= 4 is 0 Å². The Morgan fingerprint density at radius 1 is 1.29 bits per heavy atom. The zero-order valence-corrected chi connectivity index (χ0v) is 13.5. The van der Waals surface area contributed by atoms with Gasteiger partial charge in [0.1, 0.15) is 11.5 Å². The molecule has 0 amide bonds. The highest BCUT2D eigenvalue weighted by atomic mass is 16.5. The number of ether oxygens (including phenoxy) is 3. The minimum atomic E-state index is 0.195. The van der Waals surface area contributed by atoms with Gasteiger partial charge < -0.3 is 19.5 Å². The van der Waals surface area contributed by atoms with Crippen molar-refractivity contribution in [2.75, 3.05) is 27.4 Å². The summed E-state index contributed by atoms with van der Waals surface area (Å²) in [5.41, 5.74) is 1.11. The summed E-state index contributed by atoms with van der Waals surface area (Å²) in [4.78, 5) is 0. The zero-order valence-electron chi connectivity index (χ0n) is 13.5. The van der Waals surface area contributed by atoms with Crippen molar-refractivity contribution in [1.29, 1.82) is 0 Å². The van der Waals surface area contributed by atoms with Crippen molar-refractivity contribution in [3.05, 3.63) is 23.8 Å². The van der Waals surface area contributed by atoms with Gasteiger partial charge in [-0.15, -0.1) is 0 Å². The number of methoxy groups -OCH3 is 2. The molecule has 0 spiro atoms. The van der Waals surface area contributed by atoms with Crippen LogP contribution in [0.15, 0.2) is 18.2 Å². The lowest BCUT2D eigenvalue weighted by molar-refractivity contribution is 0.116. The van der Waals surface area contributed by atoms with Crippen LogP contribution in [0.5, 0.6) is 11.5 Å². The van der Waals surface area contributed by atoms with Crippen LogP contribution >= 0.6 is 0 Å². The van der Waals surface area contributed by atoms with Gasteiger partial charge in [-0.05, 0) is 38.4 Å². The molecule has 3 atom stereocenters. The number of benzene rings is 1. The van der Waals surface area contributed by atoms with E-state index in [1.165, 1.54) is 0 Å². The summed E-state index contributed by atoms with van der Waals surface area (Å²) >= 11 is 0. The predicted molar refractivity (Wildman–Crippen MR) is 84.1 cm³/mol. The summed E-state index contributed by atoms with van der Waals surface area (Å²) in [7, 11) is 3.42. The number of hydrogen-bond acceptors (Lipinski definition) is 4. The second-order valence-electron chi connectivity index (χ2n) is 5.65. The Labute approximate surface area is 127 Å². The number of hydrogen-bond donors (Lipinski definition) is 1.